The van der Waals surface area contributed by atoms with Crippen molar-refractivity contribution in [3.63, 3.8) is 0 Å². The van der Waals surface area contributed by atoms with E-state index in [1.165, 1.54) is 5.57 Å². The molecule has 4 rings (SSSR count). The number of Topliss-reactive ketones (excluding diaryl/α,β-unsaturated/α-hetero) is 1. The number of carbonyl (C=O) groups excluding carboxylic acids is 3. The Balaban J connectivity index is 1.57. The van der Waals surface area contributed by atoms with Crippen molar-refractivity contribution in [1.29, 1.82) is 0 Å². The van der Waals surface area contributed by atoms with Gasteiger partial charge in [-0.25, -0.2) is 0 Å². The highest BCUT2D eigenvalue weighted by Crippen LogP contribution is 2.67. The van der Waals surface area contributed by atoms with E-state index in [0.29, 0.717) is 24.7 Å². The van der Waals surface area contributed by atoms with Gasteiger partial charge in [-0.2, -0.15) is 0 Å². The molecule has 6 heteroatoms. The van der Waals surface area contributed by atoms with Gasteiger partial charge in [0.25, 0.3) is 0 Å². The fourth-order valence-corrected chi connectivity index (χ4v) is 7.36. The average molecular weight is 404 g/mol. The molecule has 3 N–H and O–H groups in total. The monoisotopic (exact) mass is 403 g/mol. The number of ether oxygens (including phenoxy) is 1. The lowest BCUT2D eigenvalue weighted by Gasteiger charge is -2.58. The molecule has 160 valence electrons. The molecule has 29 heavy (non-hydrogen) atoms. The first kappa shape index (κ1) is 20.7. The molecule has 0 aromatic rings. The summed E-state index contributed by atoms with van der Waals surface area (Å²) in [7, 11) is 0. The second-order valence-electron chi connectivity index (χ2n) is 10.1. The van der Waals surface area contributed by atoms with Gasteiger partial charge in [0.15, 0.2) is 12.4 Å². The van der Waals surface area contributed by atoms with Gasteiger partial charge in [-0.15, -0.1) is 0 Å². The normalized spacial score (nSPS) is 43.7. The van der Waals surface area contributed by atoms with E-state index in [1.54, 1.807) is 0 Å². The molecule has 3 saturated carbocycles. The number of ketones is 2. The first-order valence-electron chi connectivity index (χ1n) is 11.0. The van der Waals surface area contributed by atoms with E-state index in [9.17, 15) is 19.5 Å². The maximum Gasteiger partial charge on any atom is 0.320 e. The summed E-state index contributed by atoms with van der Waals surface area (Å²) < 4.78 is 4.95. The van der Waals surface area contributed by atoms with Gasteiger partial charge in [0, 0.05) is 11.8 Å². The summed E-state index contributed by atoms with van der Waals surface area (Å²) in [5.74, 6) is 0.463. The molecule has 4 aliphatic carbocycles. The topological polar surface area (TPSA) is 107 Å². The van der Waals surface area contributed by atoms with Crippen LogP contribution < -0.4 is 5.73 Å². The molecular weight excluding hydrogens is 370 g/mol. The summed E-state index contributed by atoms with van der Waals surface area (Å²) in [6, 6.07) is 0. The summed E-state index contributed by atoms with van der Waals surface area (Å²) in [5, 5.41) is 11.5. The van der Waals surface area contributed by atoms with E-state index < -0.39 is 29.4 Å². The third-order valence-corrected chi connectivity index (χ3v) is 9.11. The van der Waals surface area contributed by atoms with Crippen LogP contribution in [0.4, 0.5) is 0 Å². The van der Waals surface area contributed by atoms with Crippen molar-refractivity contribution < 1.29 is 24.2 Å². The maximum absolute atomic E-state index is 12.9. The molecule has 4 aliphatic rings. The largest absolute Gasteiger partial charge is 0.457 e. The first-order valence-corrected chi connectivity index (χ1v) is 11.0. The first-order chi connectivity index (χ1) is 13.7. The van der Waals surface area contributed by atoms with Gasteiger partial charge < -0.3 is 15.6 Å². The van der Waals surface area contributed by atoms with E-state index in [-0.39, 0.29) is 23.7 Å². The summed E-state index contributed by atoms with van der Waals surface area (Å²) in [5.41, 5.74) is 4.69. The molecule has 0 saturated heterocycles. The number of allylic oxidation sites excluding steroid dienone is 1. The lowest BCUT2D eigenvalue weighted by atomic mass is 9.46. The third-order valence-electron chi connectivity index (χ3n) is 9.11. The Morgan fingerprint density at radius 1 is 1.14 bits per heavy atom. The number of esters is 1. The minimum Gasteiger partial charge on any atom is -0.457 e. The summed E-state index contributed by atoms with van der Waals surface area (Å²) >= 11 is 0. The highest BCUT2D eigenvalue weighted by Gasteiger charge is 2.66. The lowest BCUT2D eigenvalue weighted by molar-refractivity contribution is -0.169. The quantitative estimate of drug-likeness (QED) is 0.698. The molecule has 0 spiro atoms. The molecule has 0 bridgehead atoms. The predicted octanol–water partition coefficient (Wildman–Crippen LogP) is 2.32. The minimum atomic E-state index is -1.45. The van der Waals surface area contributed by atoms with E-state index in [4.69, 9.17) is 10.5 Å². The molecule has 0 heterocycles. The van der Waals surface area contributed by atoms with Crippen LogP contribution in [0.3, 0.4) is 0 Å². The van der Waals surface area contributed by atoms with Crippen molar-refractivity contribution in [2.24, 2.45) is 34.3 Å². The Morgan fingerprint density at radius 3 is 2.59 bits per heavy atom. The van der Waals surface area contributed by atoms with Crippen molar-refractivity contribution in [2.75, 3.05) is 13.2 Å². The van der Waals surface area contributed by atoms with E-state index in [1.807, 2.05) is 6.08 Å². The molecule has 0 aliphatic heterocycles. The van der Waals surface area contributed by atoms with Crippen molar-refractivity contribution in [1.82, 2.24) is 0 Å². The number of rotatable bonds is 4. The Hall–Kier alpha value is -1.53. The van der Waals surface area contributed by atoms with Crippen LogP contribution in [-0.4, -0.2) is 41.4 Å². The van der Waals surface area contributed by atoms with Crippen molar-refractivity contribution >= 4 is 17.5 Å². The number of hydrogen-bond donors (Lipinski definition) is 2. The number of carbonyl (C=O) groups is 3. The van der Waals surface area contributed by atoms with Gasteiger partial charge >= 0.3 is 5.97 Å². The van der Waals surface area contributed by atoms with Crippen LogP contribution in [0.15, 0.2) is 11.6 Å². The van der Waals surface area contributed by atoms with Gasteiger partial charge in [0.1, 0.15) is 5.60 Å². The van der Waals surface area contributed by atoms with Crippen LogP contribution >= 0.6 is 0 Å². The molecule has 0 aromatic carbocycles. The van der Waals surface area contributed by atoms with Crippen molar-refractivity contribution in [3.8, 4) is 0 Å². The Labute approximate surface area is 172 Å². The number of nitrogens with two attached hydrogens (primary N) is 1. The number of hydrogen-bond acceptors (Lipinski definition) is 6. The van der Waals surface area contributed by atoms with Crippen LogP contribution in [0.1, 0.15) is 65.2 Å². The molecule has 3 fully saturated rings. The zero-order valence-corrected chi connectivity index (χ0v) is 17.5. The Kier molecular flexibility index (Phi) is 5.02. The third kappa shape index (κ3) is 2.94. The molecule has 0 amide bonds. The molecule has 6 atom stereocenters. The van der Waals surface area contributed by atoms with Crippen LogP contribution in [0.5, 0.6) is 0 Å². The van der Waals surface area contributed by atoms with Crippen molar-refractivity contribution in [2.45, 2.75) is 70.8 Å². The highest BCUT2D eigenvalue weighted by molar-refractivity contribution is 5.92. The predicted molar refractivity (Wildman–Crippen MR) is 107 cm³/mol. The summed E-state index contributed by atoms with van der Waals surface area (Å²) in [6.07, 6.45) is 8.38. The van der Waals surface area contributed by atoms with Gasteiger partial charge in [-0.05, 0) is 74.2 Å². The minimum absolute atomic E-state index is 0.0690. The average Bonchev–Trinajstić information content (AvgIpc) is 2.98. The second-order valence-corrected chi connectivity index (χ2v) is 10.1. The molecule has 6 nitrogen and oxygen atoms in total. The van der Waals surface area contributed by atoms with E-state index >= 15 is 0 Å². The van der Waals surface area contributed by atoms with Crippen LogP contribution in [-0.2, 0) is 19.1 Å². The van der Waals surface area contributed by atoms with Gasteiger partial charge in [-0.3, -0.25) is 14.4 Å². The van der Waals surface area contributed by atoms with Gasteiger partial charge in [0.2, 0.25) is 5.78 Å². The van der Waals surface area contributed by atoms with Crippen molar-refractivity contribution in [3.05, 3.63) is 11.6 Å². The zero-order valence-electron chi connectivity index (χ0n) is 17.5. The van der Waals surface area contributed by atoms with Crippen LogP contribution in [0, 0.1) is 28.6 Å². The number of aliphatic hydroxyl groups is 1. The fraction of sp³-hybridized carbons (Fsp3) is 0.783. The van der Waals surface area contributed by atoms with Crippen LogP contribution in [0.25, 0.3) is 0 Å². The Bertz CT molecular complexity index is 775. The number of fused-ring (bicyclic) bond motifs is 5. The van der Waals surface area contributed by atoms with Crippen LogP contribution in [0.2, 0.25) is 0 Å². The standard InChI is InChI=1S/C23H33NO5/c1-21-8-5-15(25)11-14(21)3-4-16-17(21)6-9-22(2)18(16)7-10-23(22,28)19(26)13-29-20(27)12-24/h11,16-18,28H,3-10,12-13,24H2,1-2H3/t16-,17+,18-,21+,22-,23+/m0/s1. The molecule has 0 radical (unpaired) electrons. The molecular formula is C23H33NO5. The van der Waals surface area contributed by atoms with Gasteiger partial charge in [-0.1, -0.05) is 19.4 Å². The molecule has 0 aromatic heterocycles. The lowest BCUT2D eigenvalue weighted by Crippen LogP contribution is -2.58. The smallest absolute Gasteiger partial charge is 0.320 e. The second kappa shape index (κ2) is 7.02. The van der Waals surface area contributed by atoms with E-state index in [0.717, 1.165) is 38.5 Å². The summed E-state index contributed by atoms with van der Waals surface area (Å²) in [4.78, 5) is 36.2. The Morgan fingerprint density at radius 2 is 1.86 bits per heavy atom. The maximum atomic E-state index is 12.9. The van der Waals surface area contributed by atoms with E-state index in [2.05, 4.69) is 13.8 Å². The SMILES string of the molecule is C[C@]12CC[C@@H]3[C@H](CCC4=CC(=O)CC[C@]43C)[C@@H]1CC[C@@]2(O)C(=O)COC(=O)CN. The highest BCUT2D eigenvalue weighted by atomic mass is 16.5. The molecule has 0 unspecified atom stereocenters. The summed E-state index contributed by atoms with van der Waals surface area (Å²) in [6.45, 7) is 3.70. The zero-order chi connectivity index (χ0) is 21.0. The fourth-order valence-electron chi connectivity index (χ4n) is 7.36. The van der Waals surface area contributed by atoms with Gasteiger partial charge in [0.05, 0.1) is 6.54 Å².